The Morgan fingerprint density at radius 3 is 2.79 bits per heavy atom. The number of nitrogens with one attached hydrogen (secondary N) is 1. The molecule has 1 amide bonds. The lowest BCUT2D eigenvalue weighted by Gasteiger charge is -2.20. The van der Waals surface area contributed by atoms with E-state index < -0.39 is 0 Å². The highest BCUT2D eigenvalue weighted by Gasteiger charge is 2.30. The zero-order chi connectivity index (χ0) is 13.8. The molecule has 0 spiro atoms. The molecular formula is C12H16Cl2N4O. The molecular weight excluding hydrogens is 287 g/mol. The van der Waals surface area contributed by atoms with Crippen LogP contribution >= 0.6 is 23.2 Å². The van der Waals surface area contributed by atoms with E-state index in [9.17, 15) is 4.79 Å². The zero-order valence-corrected chi connectivity index (χ0v) is 11.9. The maximum atomic E-state index is 11.9. The molecule has 1 aliphatic heterocycles. The summed E-state index contributed by atoms with van der Waals surface area (Å²) in [6, 6.07) is 0. The standard InChI is InChI=1S/C12H16Cl2N4O/c13-9-5-16-6-10(14)11(9)18-4-1-8(7-18)12(19)17-3-2-15/h5-6,8H,1-4,7,15H2,(H,17,19)/t8-/m1/s1. The molecule has 0 aliphatic carbocycles. The van der Waals surface area contributed by atoms with Gasteiger partial charge in [0.05, 0.1) is 21.7 Å². The van der Waals surface area contributed by atoms with Crippen LogP contribution in [0.1, 0.15) is 6.42 Å². The molecule has 0 radical (unpaired) electrons. The van der Waals surface area contributed by atoms with Crippen LogP contribution in [0, 0.1) is 5.92 Å². The first kappa shape index (κ1) is 14.4. The fourth-order valence-corrected chi connectivity index (χ4v) is 2.83. The predicted octanol–water partition coefficient (Wildman–Crippen LogP) is 1.29. The number of halogens is 2. The van der Waals surface area contributed by atoms with Gasteiger partial charge >= 0.3 is 0 Å². The van der Waals surface area contributed by atoms with Crippen LogP contribution in [0.2, 0.25) is 10.0 Å². The van der Waals surface area contributed by atoms with Crippen molar-refractivity contribution in [3.63, 3.8) is 0 Å². The molecule has 19 heavy (non-hydrogen) atoms. The van der Waals surface area contributed by atoms with E-state index in [0.717, 1.165) is 18.7 Å². The van der Waals surface area contributed by atoms with Crippen molar-refractivity contribution in [1.82, 2.24) is 10.3 Å². The highest BCUT2D eigenvalue weighted by Crippen LogP contribution is 2.35. The Bertz CT molecular complexity index is 449. The predicted molar refractivity (Wildman–Crippen MR) is 76.6 cm³/mol. The number of carbonyl (C=O) groups excluding carboxylic acids is 1. The number of hydrogen-bond acceptors (Lipinski definition) is 4. The van der Waals surface area contributed by atoms with E-state index in [0.29, 0.717) is 29.7 Å². The van der Waals surface area contributed by atoms with Crippen molar-refractivity contribution < 1.29 is 4.79 Å². The molecule has 1 aromatic heterocycles. The van der Waals surface area contributed by atoms with Gasteiger partial charge in [-0.25, -0.2) is 0 Å². The molecule has 1 aliphatic rings. The molecule has 0 bridgehead atoms. The molecule has 7 heteroatoms. The zero-order valence-electron chi connectivity index (χ0n) is 10.4. The molecule has 1 atom stereocenters. The number of carbonyl (C=O) groups is 1. The molecule has 1 fully saturated rings. The Hall–Kier alpha value is -1.04. The monoisotopic (exact) mass is 302 g/mol. The summed E-state index contributed by atoms with van der Waals surface area (Å²) in [5, 5.41) is 3.83. The second-order valence-electron chi connectivity index (χ2n) is 4.46. The molecule has 0 saturated carbocycles. The van der Waals surface area contributed by atoms with Gasteiger partial charge in [-0.2, -0.15) is 0 Å². The van der Waals surface area contributed by atoms with Crippen LogP contribution in [0.4, 0.5) is 5.69 Å². The summed E-state index contributed by atoms with van der Waals surface area (Å²) in [5.41, 5.74) is 6.12. The first-order valence-electron chi connectivity index (χ1n) is 6.15. The fourth-order valence-electron chi connectivity index (χ4n) is 2.22. The average Bonchev–Trinajstić information content (AvgIpc) is 2.85. The van der Waals surface area contributed by atoms with E-state index in [-0.39, 0.29) is 11.8 Å². The third-order valence-electron chi connectivity index (χ3n) is 3.15. The van der Waals surface area contributed by atoms with E-state index in [4.69, 9.17) is 28.9 Å². The first-order valence-corrected chi connectivity index (χ1v) is 6.90. The quantitative estimate of drug-likeness (QED) is 0.879. The third-order valence-corrected chi connectivity index (χ3v) is 3.70. The summed E-state index contributed by atoms with van der Waals surface area (Å²) in [6.07, 6.45) is 3.90. The molecule has 1 saturated heterocycles. The van der Waals surface area contributed by atoms with Crippen LogP contribution in [0.3, 0.4) is 0 Å². The van der Waals surface area contributed by atoms with Crippen molar-refractivity contribution in [2.45, 2.75) is 6.42 Å². The Morgan fingerprint density at radius 2 is 2.16 bits per heavy atom. The highest BCUT2D eigenvalue weighted by atomic mass is 35.5. The summed E-state index contributed by atoms with van der Waals surface area (Å²) >= 11 is 12.2. The number of rotatable bonds is 4. The number of nitrogens with zero attached hydrogens (tertiary/aromatic N) is 2. The number of anilines is 1. The van der Waals surface area contributed by atoms with E-state index in [1.54, 1.807) is 12.4 Å². The lowest BCUT2D eigenvalue weighted by atomic mass is 10.1. The van der Waals surface area contributed by atoms with Crippen LogP contribution in [0.25, 0.3) is 0 Å². The van der Waals surface area contributed by atoms with E-state index in [1.165, 1.54) is 0 Å². The number of aromatic nitrogens is 1. The van der Waals surface area contributed by atoms with Gasteiger partial charge in [0.25, 0.3) is 0 Å². The van der Waals surface area contributed by atoms with Gasteiger partial charge < -0.3 is 16.0 Å². The Morgan fingerprint density at radius 1 is 1.47 bits per heavy atom. The Labute approximate surface area is 122 Å². The Kier molecular flexibility index (Phi) is 4.85. The van der Waals surface area contributed by atoms with Crippen LogP contribution in [-0.4, -0.2) is 37.1 Å². The summed E-state index contributed by atoms with van der Waals surface area (Å²) in [4.78, 5) is 17.8. The van der Waals surface area contributed by atoms with Gasteiger partial charge in [-0.1, -0.05) is 23.2 Å². The van der Waals surface area contributed by atoms with Gasteiger partial charge in [0, 0.05) is 38.6 Å². The first-order chi connectivity index (χ1) is 9.13. The van der Waals surface area contributed by atoms with Crippen molar-refractivity contribution in [3.8, 4) is 0 Å². The largest absolute Gasteiger partial charge is 0.368 e. The van der Waals surface area contributed by atoms with E-state index in [2.05, 4.69) is 10.3 Å². The van der Waals surface area contributed by atoms with Gasteiger partial charge in [0.2, 0.25) is 5.91 Å². The van der Waals surface area contributed by atoms with Crippen LogP contribution < -0.4 is 16.0 Å². The smallest absolute Gasteiger partial charge is 0.225 e. The molecule has 5 nitrogen and oxygen atoms in total. The number of pyridine rings is 1. The molecule has 1 aromatic rings. The van der Waals surface area contributed by atoms with Crippen molar-refractivity contribution in [2.75, 3.05) is 31.1 Å². The number of nitrogens with two attached hydrogens (primary N) is 1. The molecule has 0 unspecified atom stereocenters. The number of amides is 1. The van der Waals surface area contributed by atoms with Gasteiger partial charge in [-0.3, -0.25) is 9.78 Å². The Balaban J connectivity index is 2.04. The number of hydrogen-bond donors (Lipinski definition) is 2. The molecule has 2 heterocycles. The third kappa shape index (κ3) is 3.29. The van der Waals surface area contributed by atoms with Crippen molar-refractivity contribution >= 4 is 34.8 Å². The average molecular weight is 303 g/mol. The molecule has 104 valence electrons. The van der Waals surface area contributed by atoms with Crippen molar-refractivity contribution in [2.24, 2.45) is 11.7 Å². The summed E-state index contributed by atoms with van der Waals surface area (Å²) in [6.45, 7) is 2.32. The van der Waals surface area contributed by atoms with Crippen LogP contribution in [0.5, 0.6) is 0 Å². The summed E-state index contributed by atoms with van der Waals surface area (Å²) in [7, 11) is 0. The highest BCUT2D eigenvalue weighted by molar-refractivity contribution is 6.38. The lowest BCUT2D eigenvalue weighted by molar-refractivity contribution is -0.124. The van der Waals surface area contributed by atoms with Crippen LogP contribution in [0.15, 0.2) is 12.4 Å². The maximum Gasteiger partial charge on any atom is 0.225 e. The maximum absolute atomic E-state index is 11.9. The SMILES string of the molecule is NCCNC(=O)[C@@H]1CCN(c2c(Cl)cncc2Cl)C1. The minimum atomic E-state index is -0.0492. The topological polar surface area (TPSA) is 71.2 Å². The minimum Gasteiger partial charge on any atom is -0.368 e. The normalized spacial score (nSPS) is 18.7. The second kappa shape index (κ2) is 6.41. The van der Waals surface area contributed by atoms with Crippen molar-refractivity contribution in [1.29, 1.82) is 0 Å². The van der Waals surface area contributed by atoms with E-state index >= 15 is 0 Å². The van der Waals surface area contributed by atoms with Gasteiger partial charge in [0.1, 0.15) is 0 Å². The summed E-state index contributed by atoms with van der Waals surface area (Å²) < 4.78 is 0. The minimum absolute atomic E-state index is 0.0363. The van der Waals surface area contributed by atoms with Gasteiger partial charge in [-0.15, -0.1) is 0 Å². The van der Waals surface area contributed by atoms with Gasteiger partial charge in [0.15, 0.2) is 0 Å². The molecule has 3 N–H and O–H groups in total. The molecule has 0 aromatic carbocycles. The van der Waals surface area contributed by atoms with E-state index in [1.807, 2.05) is 4.90 Å². The fraction of sp³-hybridized carbons (Fsp3) is 0.500. The summed E-state index contributed by atoms with van der Waals surface area (Å²) in [5.74, 6) is -0.0129. The van der Waals surface area contributed by atoms with Gasteiger partial charge in [-0.05, 0) is 6.42 Å². The lowest BCUT2D eigenvalue weighted by Crippen LogP contribution is -2.35. The van der Waals surface area contributed by atoms with Crippen LogP contribution in [-0.2, 0) is 4.79 Å². The molecule has 2 rings (SSSR count). The second-order valence-corrected chi connectivity index (χ2v) is 5.28. The van der Waals surface area contributed by atoms with Crippen molar-refractivity contribution in [3.05, 3.63) is 22.4 Å².